The average molecular weight is 288 g/mol. The van der Waals surface area contributed by atoms with E-state index in [9.17, 15) is 0 Å². The first-order valence-corrected chi connectivity index (χ1v) is 7.39. The average Bonchev–Trinajstić information content (AvgIpc) is 2.92. The lowest BCUT2D eigenvalue weighted by Gasteiger charge is -2.31. The number of hydrogen-bond acceptors (Lipinski definition) is 5. The number of hydrazine groups is 1. The minimum Gasteiger partial charge on any atom is -0.271 e. The first-order valence-electron chi connectivity index (χ1n) is 7.39. The summed E-state index contributed by atoms with van der Waals surface area (Å²) >= 11 is 0. The molecule has 6 nitrogen and oxygen atoms in total. The van der Waals surface area contributed by atoms with Gasteiger partial charge in [0.05, 0.1) is 7.05 Å². The van der Waals surface area contributed by atoms with Crippen molar-refractivity contribution in [1.82, 2.24) is 25.6 Å². The molecule has 0 amide bonds. The van der Waals surface area contributed by atoms with E-state index in [-0.39, 0.29) is 6.04 Å². The fourth-order valence-electron chi connectivity index (χ4n) is 2.78. The Bertz CT molecular complexity index is 538. The zero-order valence-corrected chi connectivity index (χ0v) is 12.9. The Kier molecular flexibility index (Phi) is 5.41. The summed E-state index contributed by atoms with van der Waals surface area (Å²) in [6, 6.07) is 10.6. The highest BCUT2D eigenvalue weighted by Gasteiger charge is 2.28. The molecule has 6 heteroatoms. The standard InChI is InChI=1S/C15H24N6/c1-4-11(2)15(12-8-6-5-7-9-12)13(17-16)10-14-18-20-21(3)19-14/h5-9,11,13,15,17H,4,10,16H2,1-3H3. The first-order chi connectivity index (χ1) is 10.2. The van der Waals surface area contributed by atoms with Crippen LogP contribution in [-0.2, 0) is 13.5 Å². The second-order valence-electron chi connectivity index (χ2n) is 5.49. The van der Waals surface area contributed by atoms with Gasteiger partial charge in [0.25, 0.3) is 0 Å². The van der Waals surface area contributed by atoms with Gasteiger partial charge in [-0.25, -0.2) is 0 Å². The molecule has 1 heterocycles. The Balaban J connectivity index is 2.24. The number of nitrogens with zero attached hydrogens (tertiary/aromatic N) is 4. The van der Waals surface area contributed by atoms with E-state index in [4.69, 9.17) is 5.84 Å². The third-order valence-electron chi connectivity index (χ3n) is 4.04. The van der Waals surface area contributed by atoms with Crippen molar-refractivity contribution in [2.75, 3.05) is 0 Å². The molecular formula is C15H24N6. The number of hydrogen-bond donors (Lipinski definition) is 2. The van der Waals surface area contributed by atoms with Crippen LogP contribution in [0.4, 0.5) is 0 Å². The van der Waals surface area contributed by atoms with Gasteiger partial charge in [-0.1, -0.05) is 50.6 Å². The van der Waals surface area contributed by atoms with Crippen molar-refractivity contribution in [3.05, 3.63) is 41.7 Å². The summed E-state index contributed by atoms with van der Waals surface area (Å²) < 4.78 is 0. The van der Waals surface area contributed by atoms with Gasteiger partial charge in [0.2, 0.25) is 0 Å². The molecule has 0 saturated carbocycles. The molecule has 2 rings (SSSR count). The van der Waals surface area contributed by atoms with Crippen molar-refractivity contribution in [3.8, 4) is 0 Å². The number of tetrazole rings is 1. The lowest BCUT2D eigenvalue weighted by atomic mass is 9.79. The normalized spacial score (nSPS) is 15.6. The maximum atomic E-state index is 5.83. The van der Waals surface area contributed by atoms with Gasteiger partial charge in [-0.2, -0.15) is 4.80 Å². The van der Waals surface area contributed by atoms with E-state index in [1.807, 2.05) is 6.07 Å². The molecule has 0 aliphatic carbocycles. The van der Waals surface area contributed by atoms with Crippen molar-refractivity contribution in [3.63, 3.8) is 0 Å². The molecule has 0 aliphatic heterocycles. The number of aryl methyl sites for hydroxylation is 1. The molecule has 1 aromatic carbocycles. The van der Waals surface area contributed by atoms with E-state index in [0.717, 1.165) is 6.42 Å². The minimum absolute atomic E-state index is 0.0755. The quantitative estimate of drug-likeness (QED) is 0.595. The van der Waals surface area contributed by atoms with Crippen LogP contribution >= 0.6 is 0 Å². The smallest absolute Gasteiger partial charge is 0.176 e. The Morgan fingerprint density at radius 3 is 2.52 bits per heavy atom. The van der Waals surface area contributed by atoms with Gasteiger partial charge in [0, 0.05) is 18.4 Å². The van der Waals surface area contributed by atoms with E-state index in [1.54, 1.807) is 7.05 Å². The van der Waals surface area contributed by atoms with Crippen molar-refractivity contribution in [1.29, 1.82) is 0 Å². The van der Waals surface area contributed by atoms with Crippen LogP contribution in [0.5, 0.6) is 0 Å². The van der Waals surface area contributed by atoms with Crippen LogP contribution in [0, 0.1) is 5.92 Å². The summed E-state index contributed by atoms with van der Waals surface area (Å²) in [6.07, 6.45) is 1.75. The van der Waals surface area contributed by atoms with Crippen LogP contribution in [0.15, 0.2) is 30.3 Å². The van der Waals surface area contributed by atoms with E-state index in [2.05, 4.69) is 58.9 Å². The van der Waals surface area contributed by atoms with Gasteiger partial charge < -0.3 is 0 Å². The van der Waals surface area contributed by atoms with Gasteiger partial charge in [-0.3, -0.25) is 11.3 Å². The van der Waals surface area contributed by atoms with Gasteiger partial charge >= 0.3 is 0 Å². The predicted octanol–water partition coefficient (Wildman–Crippen LogP) is 1.41. The summed E-state index contributed by atoms with van der Waals surface area (Å²) in [7, 11) is 1.77. The van der Waals surface area contributed by atoms with Crippen LogP contribution in [0.25, 0.3) is 0 Å². The lowest BCUT2D eigenvalue weighted by Crippen LogP contribution is -2.43. The van der Waals surface area contributed by atoms with E-state index in [1.165, 1.54) is 10.4 Å². The van der Waals surface area contributed by atoms with Gasteiger partial charge in [-0.05, 0) is 16.7 Å². The Hall–Kier alpha value is -1.79. The highest BCUT2D eigenvalue weighted by atomic mass is 15.6. The van der Waals surface area contributed by atoms with Crippen LogP contribution in [-0.4, -0.2) is 26.2 Å². The number of rotatable bonds is 7. The molecule has 0 radical (unpaired) electrons. The summed E-state index contributed by atoms with van der Waals surface area (Å²) in [5.41, 5.74) is 4.25. The van der Waals surface area contributed by atoms with Gasteiger partial charge in [0.15, 0.2) is 5.82 Å². The molecule has 2 aromatic rings. The SMILES string of the molecule is CCC(C)C(c1ccccc1)C(Cc1nnn(C)n1)NN. The molecule has 21 heavy (non-hydrogen) atoms. The maximum absolute atomic E-state index is 5.83. The highest BCUT2D eigenvalue weighted by molar-refractivity contribution is 5.22. The molecule has 0 bridgehead atoms. The second-order valence-corrected chi connectivity index (χ2v) is 5.49. The topological polar surface area (TPSA) is 81.7 Å². The summed E-state index contributed by atoms with van der Waals surface area (Å²) in [5, 5.41) is 12.2. The van der Waals surface area contributed by atoms with E-state index >= 15 is 0 Å². The molecule has 3 unspecified atom stereocenters. The monoisotopic (exact) mass is 288 g/mol. The Morgan fingerprint density at radius 2 is 2.00 bits per heavy atom. The molecule has 1 aromatic heterocycles. The second kappa shape index (κ2) is 7.28. The first kappa shape index (κ1) is 15.6. The van der Waals surface area contributed by atoms with Crippen molar-refractivity contribution >= 4 is 0 Å². The molecule has 3 atom stereocenters. The number of nitrogens with one attached hydrogen (secondary N) is 1. The van der Waals surface area contributed by atoms with E-state index < -0.39 is 0 Å². The fraction of sp³-hybridized carbons (Fsp3) is 0.533. The molecule has 3 N–H and O–H groups in total. The number of nitrogens with two attached hydrogens (primary N) is 1. The molecule has 114 valence electrons. The van der Waals surface area contributed by atoms with Crippen molar-refractivity contribution in [2.24, 2.45) is 18.8 Å². The maximum Gasteiger partial charge on any atom is 0.176 e. The number of benzene rings is 1. The summed E-state index contributed by atoms with van der Waals surface area (Å²) in [5.74, 6) is 7.35. The molecule has 0 aliphatic rings. The molecular weight excluding hydrogens is 264 g/mol. The van der Waals surface area contributed by atoms with Crippen LogP contribution in [0.1, 0.15) is 37.6 Å². The third kappa shape index (κ3) is 3.86. The molecule has 0 spiro atoms. The van der Waals surface area contributed by atoms with Crippen molar-refractivity contribution in [2.45, 2.75) is 38.6 Å². The minimum atomic E-state index is 0.0755. The highest BCUT2D eigenvalue weighted by Crippen LogP contribution is 2.31. The van der Waals surface area contributed by atoms with Crippen molar-refractivity contribution < 1.29 is 0 Å². The summed E-state index contributed by atoms with van der Waals surface area (Å²) in [4.78, 5) is 1.48. The van der Waals surface area contributed by atoms with Crippen LogP contribution in [0.2, 0.25) is 0 Å². The molecule has 0 saturated heterocycles. The predicted molar refractivity (Wildman–Crippen MR) is 82.3 cm³/mol. The Labute approximate surface area is 125 Å². The Morgan fingerprint density at radius 1 is 1.29 bits per heavy atom. The zero-order chi connectivity index (χ0) is 15.2. The fourth-order valence-corrected chi connectivity index (χ4v) is 2.78. The molecule has 0 fully saturated rings. The number of aromatic nitrogens is 4. The van der Waals surface area contributed by atoms with E-state index in [0.29, 0.717) is 24.1 Å². The lowest BCUT2D eigenvalue weighted by molar-refractivity contribution is 0.331. The third-order valence-corrected chi connectivity index (χ3v) is 4.04. The van der Waals surface area contributed by atoms with Crippen LogP contribution in [0.3, 0.4) is 0 Å². The zero-order valence-electron chi connectivity index (χ0n) is 12.9. The summed E-state index contributed by atoms with van der Waals surface area (Å²) in [6.45, 7) is 4.46. The van der Waals surface area contributed by atoms with Gasteiger partial charge in [-0.15, -0.1) is 10.2 Å². The van der Waals surface area contributed by atoms with Gasteiger partial charge in [0.1, 0.15) is 0 Å². The largest absolute Gasteiger partial charge is 0.271 e. The van der Waals surface area contributed by atoms with Crippen LogP contribution < -0.4 is 11.3 Å².